The minimum atomic E-state index is 0. The number of aliphatic imine (C=N–C) groups is 1. The molecule has 120 valence electrons. The zero-order chi connectivity index (χ0) is 14.3. The number of hydrogen-bond donors (Lipinski definition) is 1. The average Bonchev–Trinajstić information content (AvgIpc) is 2.34. The van der Waals surface area contributed by atoms with Crippen LogP contribution in [0, 0.1) is 11.3 Å². The van der Waals surface area contributed by atoms with Crippen LogP contribution in [0.2, 0.25) is 0 Å². The van der Waals surface area contributed by atoms with E-state index < -0.39 is 0 Å². The van der Waals surface area contributed by atoms with Gasteiger partial charge in [0.15, 0.2) is 5.96 Å². The number of hydrogen-bond acceptors (Lipinski definition) is 2. The van der Waals surface area contributed by atoms with E-state index in [2.05, 4.69) is 26.1 Å². The molecule has 0 aliphatic carbocycles. The highest BCUT2D eigenvalue weighted by molar-refractivity contribution is 14.0. The number of nitrogens with one attached hydrogen (secondary N) is 1. The molecule has 1 fully saturated rings. The summed E-state index contributed by atoms with van der Waals surface area (Å²) in [5, 5.41) is 3.31. The molecule has 0 atom stereocenters. The topological polar surface area (TPSA) is 36.9 Å². The van der Waals surface area contributed by atoms with E-state index in [1.807, 2.05) is 19.0 Å². The first-order valence-corrected chi connectivity index (χ1v) is 7.48. The van der Waals surface area contributed by atoms with Crippen LogP contribution >= 0.6 is 24.0 Å². The van der Waals surface area contributed by atoms with Crippen molar-refractivity contribution in [3.05, 3.63) is 0 Å². The first-order chi connectivity index (χ1) is 8.94. The van der Waals surface area contributed by atoms with Gasteiger partial charge in [0.1, 0.15) is 0 Å². The second-order valence-electron chi connectivity index (χ2n) is 6.49. The van der Waals surface area contributed by atoms with Gasteiger partial charge in [-0.1, -0.05) is 13.8 Å². The maximum atomic E-state index is 5.43. The molecular weight excluding hydrogens is 365 g/mol. The van der Waals surface area contributed by atoms with Crippen molar-refractivity contribution in [2.45, 2.75) is 40.0 Å². The second kappa shape index (κ2) is 9.82. The molecule has 1 aliphatic rings. The summed E-state index contributed by atoms with van der Waals surface area (Å²) in [7, 11) is 4.07. The molecule has 1 heterocycles. The van der Waals surface area contributed by atoms with Gasteiger partial charge in [0.2, 0.25) is 0 Å². The van der Waals surface area contributed by atoms with E-state index in [0.717, 1.165) is 38.2 Å². The molecule has 0 bridgehead atoms. The maximum Gasteiger partial charge on any atom is 0.193 e. The Kier molecular flexibility index (Phi) is 9.80. The van der Waals surface area contributed by atoms with Gasteiger partial charge in [-0.3, -0.25) is 4.99 Å². The van der Waals surface area contributed by atoms with E-state index in [9.17, 15) is 0 Å². The predicted molar refractivity (Wildman–Crippen MR) is 97.0 cm³/mol. The minimum Gasteiger partial charge on any atom is -0.381 e. The van der Waals surface area contributed by atoms with Crippen molar-refractivity contribution >= 4 is 29.9 Å². The van der Waals surface area contributed by atoms with Crippen LogP contribution in [0.4, 0.5) is 0 Å². The van der Waals surface area contributed by atoms with Crippen LogP contribution in [0.1, 0.15) is 40.0 Å². The maximum absolute atomic E-state index is 5.43. The number of rotatable bonds is 5. The van der Waals surface area contributed by atoms with Crippen molar-refractivity contribution in [3.8, 4) is 0 Å². The molecule has 1 saturated heterocycles. The van der Waals surface area contributed by atoms with Gasteiger partial charge in [-0.25, -0.2) is 0 Å². The van der Waals surface area contributed by atoms with Crippen LogP contribution in [-0.4, -0.2) is 51.3 Å². The van der Waals surface area contributed by atoms with Crippen molar-refractivity contribution in [3.63, 3.8) is 0 Å². The molecule has 4 nitrogen and oxygen atoms in total. The third kappa shape index (κ3) is 7.67. The molecule has 20 heavy (non-hydrogen) atoms. The smallest absolute Gasteiger partial charge is 0.193 e. The summed E-state index contributed by atoms with van der Waals surface area (Å²) in [6.45, 7) is 10.4. The normalized spacial score (nSPS) is 17.6. The van der Waals surface area contributed by atoms with Crippen LogP contribution in [-0.2, 0) is 4.74 Å². The quantitative estimate of drug-likeness (QED) is 0.440. The van der Waals surface area contributed by atoms with Crippen LogP contribution in [0.3, 0.4) is 0 Å². The first kappa shape index (κ1) is 20.0. The summed E-state index contributed by atoms with van der Waals surface area (Å²) in [6, 6.07) is 0. The Morgan fingerprint density at radius 3 is 2.40 bits per heavy atom. The summed E-state index contributed by atoms with van der Waals surface area (Å²) in [4.78, 5) is 6.80. The molecule has 0 aromatic rings. The number of halogens is 1. The highest BCUT2D eigenvalue weighted by Gasteiger charge is 2.25. The Labute approximate surface area is 141 Å². The molecule has 1 rings (SSSR count). The molecule has 0 saturated carbocycles. The lowest BCUT2D eigenvalue weighted by Crippen LogP contribution is -2.37. The summed E-state index contributed by atoms with van der Waals surface area (Å²) in [5.74, 6) is 1.79. The molecular formula is C15H32IN3O. The fraction of sp³-hybridized carbons (Fsp3) is 0.933. The van der Waals surface area contributed by atoms with Gasteiger partial charge in [0, 0.05) is 40.4 Å². The van der Waals surface area contributed by atoms with E-state index in [1.54, 1.807) is 0 Å². The predicted octanol–water partition coefficient (Wildman–Crippen LogP) is 2.97. The molecule has 0 amide bonds. The van der Waals surface area contributed by atoms with Gasteiger partial charge in [-0.05, 0) is 37.5 Å². The Morgan fingerprint density at radius 2 is 1.90 bits per heavy atom. The van der Waals surface area contributed by atoms with E-state index in [1.165, 1.54) is 19.3 Å². The fourth-order valence-electron chi connectivity index (χ4n) is 2.60. The van der Waals surface area contributed by atoms with Crippen molar-refractivity contribution in [2.75, 3.05) is 40.4 Å². The van der Waals surface area contributed by atoms with Gasteiger partial charge in [0.25, 0.3) is 0 Å². The van der Waals surface area contributed by atoms with Gasteiger partial charge in [-0.2, -0.15) is 0 Å². The molecule has 1 aliphatic heterocycles. The third-order valence-corrected chi connectivity index (χ3v) is 3.60. The minimum absolute atomic E-state index is 0. The van der Waals surface area contributed by atoms with E-state index in [0.29, 0.717) is 0 Å². The van der Waals surface area contributed by atoms with Crippen molar-refractivity contribution in [2.24, 2.45) is 16.3 Å². The molecule has 0 aromatic heterocycles. The summed E-state index contributed by atoms with van der Waals surface area (Å²) >= 11 is 0. The van der Waals surface area contributed by atoms with E-state index >= 15 is 0 Å². The van der Waals surface area contributed by atoms with Crippen molar-refractivity contribution in [1.82, 2.24) is 10.2 Å². The number of ether oxygens (including phenoxy) is 1. The lowest BCUT2D eigenvalue weighted by molar-refractivity contribution is 0.0522. The Hall–Kier alpha value is -0.0400. The van der Waals surface area contributed by atoms with E-state index in [4.69, 9.17) is 9.73 Å². The van der Waals surface area contributed by atoms with Crippen molar-refractivity contribution < 1.29 is 4.74 Å². The van der Waals surface area contributed by atoms with Gasteiger partial charge >= 0.3 is 0 Å². The standard InChI is InChI=1S/C15H31N3O.HI/c1-6-16-14(18(4)5)17-12-15(2,3)11-13-7-9-19-10-8-13;/h13H,6-12H2,1-5H3,(H,16,17);1H. The first-order valence-electron chi connectivity index (χ1n) is 7.48. The van der Waals surface area contributed by atoms with Crippen molar-refractivity contribution in [1.29, 1.82) is 0 Å². The highest BCUT2D eigenvalue weighted by atomic mass is 127. The second-order valence-corrected chi connectivity index (χ2v) is 6.49. The molecule has 0 spiro atoms. The van der Waals surface area contributed by atoms with E-state index in [-0.39, 0.29) is 29.4 Å². The Morgan fingerprint density at radius 1 is 1.30 bits per heavy atom. The summed E-state index contributed by atoms with van der Waals surface area (Å²) in [6.07, 6.45) is 3.66. The zero-order valence-corrected chi connectivity index (χ0v) is 16.1. The van der Waals surface area contributed by atoms with Crippen LogP contribution in [0.25, 0.3) is 0 Å². The van der Waals surface area contributed by atoms with Gasteiger partial charge in [0.05, 0.1) is 0 Å². The van der Waals surface area contributed by atoms with Gasteiger partial charge < -0.3 is 15.0 Å². The number of nitrogens with zero attached hydrogens (tertiary/aromatic N) is 2. The lowest BCUT2D eigenvalue weighted by atomic mass is 9.80. The SMILES string of the molecule is CCNC(=NCC(C)(C)CC1CCOCC1)N(C)C.I. The molecule has 0 aromatic carbocycles. The molecule has 0 radical (unpaired) electrons. The highest BCUT2D eigenvalue weighted by Crippen LogP contribution is 2.31. The summed E-state index contributed by atoms with van der Waals surface area (Å²) in [5.41, 5.74) is 0.263. The lowest BCUT2D eigenvalue weighted by Gasteiger charge is -2.31. The van der Waals surface area contributed by atoms with Gasteiger partial charge in [-0.15, -0.1) is 24.0 Å². The van der Waals surface area contributed by atoms with Crippen LogP contribution < -0.4 is 5.32 Å². The zero-order valence-electron chi connectivity index (χ0n) is 13.7. The van der Waals surface area contributed by atoms with Crippen LogP contribution in [0.5, 0.6) is 0 Å². The molecule has 5 heteroatoms. The monoisotopic (exact) mass is 397 g/mol. The Bertz CT molecular complexity index is 287. The largest absolute Gasteiger partial charge is 0.381 e. The average molecular weight is 397 g/mol. The molecule has 1 N–H and O–H groups in total. The number of guanidine groups is 1. The third-order valence-electron chi connectivity index (χ3n) is 3.60. The molecule has 0 unspecified atom stereocenters. The van der Waals surface area contributed by atoms with Crippen LogP contribution in [0.15, 0.2) is 4.99 Å². The fourth-order valence-corrected chi connectivity index (χ4v) is 2.60. The Balaban J connectivity index is 0.00000361. The summed E-state index contributed by atoms with van der Waals surface area (Å²) < 4.78 is 5.43.